The van der Waals surface area contributed by atoms with Crippen molar-refractivity contribution in [3.63, 3.8) is 0 Å². The average Bonchev–Trinajstić information content (AvgIpc) is 2.36. The van der Waals surface area contributed by atoms with Crippen molar-refractivity contribution in [2.45, 2.75) is 33.2 Å². The number of carbonyl (C=O) groups excluding carboxylic acids is 2. The third-order valence-corrected chi connectivity index (χ3v) is 2.73. The summed E-state index contributed by atoms with van der Waals surface area (Å²) in [7, 11) is 1.29. The molecule has 1 aromatic rings. The molecular formula is C15H21NO4. The number of nitrogens with one attached hydrogen (secondary N) is 1. The van der Waals surface area contributed by atoms with E-state index >= 15 is 0 Å². The smallest absolute Gasteiger partial charge is 0.328 e. The molecule has 0 saturated heterocycles. The molecule has 5 heteroatoms. The molecule has 0 aliphatic carbocycles. The van der Waals surface area contributed by atoms with Crippen molar-refractivity contribution in [3.05, 3.63) is 29.3 Å². The maximum absolute atomic E-state index is 11.6. The van der Waals surface area contributed by atoms with Gasteiger partial charge in [0.2, 0.25) is 5.91 Å². The molecule has 1 N–H and O–H groups in total. The van der Waals surface area contributed by atoms with E-state index in [1.54, 1.807) is 6.92 Å². The third-order valence-electron chi connectivity index (χ3n) is 2.73. The van der Waals surface area contributed by atoms with Gasteiger partial charge in [0.1, 0.15) is 11.8 Å². The van der Waals surface area contributed by atoms with Gasteiger partial charge in [0, 0.05) is 0 Å². The molecule has 0 bridgehead atoms. The zero-order valence-corrected chi connectivity index (χ0v) is 12.4. The Morgan fingerprint density at radius 2 is 1.80 bits per heavy atom. The van der Waals surface area contributed by atoms with Gasteiger partial charge in [-0.15, -0.1) is 0 Å². The standard InChI is InChI=1S/C15H21NO4/c1-10-7-11(2)9-13(8-10)20-6-5-14(17)16-12(3)15(18)19-4/h7-9,12H,5-6H2,1-4H3,(H,16,17). The van der Waals surface area contributed by atoms with Crippen LogP contribution in [0.15, 0.2) is 18.2 Å². The van der Waals surface area contributed by atoms with Gasteiger partial charge in [-0.1, -0.05) is 6.07 Å². The van der Waals surface area contributed by atoms with Gasteiger partial charge < -0.3 is 14.8 Å². The van der Waals surface area contributed by atoms with E-state index in [2.05, 4.69) is 16.1 Å². The van der Waals surface area contributed by atoms with Gasteiger partial charge >= 0.3 is 5.97 Å². The molecular weight excluding hydrogens is 258 g/mol. The van der Waals surface area contributed by atoms with E-state index < -0.39 is 12.0 Å². The van der Waals surface area contributed by atoms with Crippen LogP contribution in [0, 0.1) is 13.8 Å². The Bertz CT molecular complexity index is 465. The Morgan fingerprint density at radius 1 is 1.20 bits per heavy atom. The van der Waals surface area contributed by atoms with E-state index in [-0.39, 0.29) is 18.9 Å². The zero-order valence-electron chi connectivity index (χ0n) is 12.4. The molecule has 1 atom stereocenters. The Labute approximate surface area is 119 Å². The zero-order chi connectivity index (χ0) is 15.1. The summed E-state index contributed by atoms with van der Waals surface area (Å²) in [5.74, 6) is 0.0390. The second-order valence-electron chi connectivity index (χ2n) is 4.73. The number of ether oxygens (including phenoxy) is 2. The van der Waals surface area contributed by atoms with E-state index in [9.17, 15) is 9.59 Å². The van der Waals surface area contributed by atoms with Crippen LogP contribution in [0.5, 0.6) is 5.75 Å². The molecule has 1 rings (SSSR count). The van der Waals surface area contributed by atoms with Crippen LogP contribution in [0.25, 0.3) is 0 Å². The molecule has 0 spiro atoms. The van der Waals surface area contributed by atoms with Crippen LogP contribution in [-0.4, -0.2) is 31.6 Å². The number of methoxy groups -OCH3 is 1. The molecule has 0 aromatic heterocycles. The topological polar surface area (TPSA) is 64.6 Å². The summed E-state index contributed by atoms with van der Waals surface area (Å²) < 4.78 is 10.1. The highest BCUT2D eigenvalue weighted by atomic mass is 16.5. The van der Waals surface area contributed by atoms with Gasteiger partial charge in [-0.3, -0.25) is 4.79 Å². The fourth-order valence-corrected chi connectivity index (χ4v) is 1.83. The molecule has 1 aromatic carbocycles. The monoisotopic (exact) mass is 279 g/mol. The fraction of sp³-hybridized carbons (Fsp3) is 0.467. The minimum Gasteiger partial charge on any atom is -0.493 e. The lowest BCUT2D eigenvalue weighted by Crippen LogP contribution is -2.39. The van der Waals surface area contributed by atoms with Crippen LogP contribution >= 0.6 is 0 Å². The van der Waals surface area contributed by atoms with Gasteiger partial charge in [0.15, 0.2) is 0 Å². The number of esters is 1. The quantitative estimate of drug-likeness (QED) is 0.806. The van der Waals surface area contributed by atoms with Gasteiger partial charge in [-0.05, 0) is 44.0 Å². The second-order valence-corrected chi connectivity index (χ2v) is 4.73. The van der Waals surface area contributed by atoms with Gasteiger partial charge in [0.25, 0.3) is 0 Å². The SMILES string of the molecule is COC(=O)C(C)NC(=O)CCOc1cc(C)cc(C)c1. The van der Waals surface area contributed by atoms with Crippen molar-refractivity contribution >= 4 is 11.9 Å². The lowest BCUT2D eigenvalue weighted by atomic mass is 10.1. The van der Waals surface area contributed by atoms with Gasteiger partial charge in [0.05, 0.1) is 20.1 Å². The molecule has 5 nitrogen and oxygen atoms in total. The van der Waals surface area contributed by atoms with Crippen LogP contribution in [0.1, 0.15) is 24.5 Å². The first kappa shape index (κ1) is 16.0. The second kappa shape index (κ2) is 7.53. The van der Waals surface area contributed by atoms with Crippen molar-refractivity contribution < 1.29 is 19.1 Å². The van der Waals surface area contributed by atoms with E-state index in [1.165, 1.54) is 7.11 Å². The van der Waals surface area contributed by atoms with Crippen LogP contribution in [0.2, 0.25) is 0 Å². The number of rotatable bonds is 6. The van der Waals surface area contributed by atoms with E-state index in [4.69, 9.17) is 4.74 Å². The molecule has 0 fully saturated rings. The lowest BCUT2D eigenvalue weighted by Gasteiger charge is -2.12. The maximum Gasteiger partial charge on any atom is 0.328 e. The van der Waals surface area contributed by atoms with Crippen molar-refractivity contribution in [1.82, 2.24) is 5.32 Å². The minimum absolute atomic E-state index is 0.189. The highest BCUT2D eigenvalue weighted by Crippen LogP contribution is 2.16. The largest absolute Gasteiger partial charge is 0.493 e. The van der Waals surface area contributed by atoms with Crippen LogP contribution in [-0.2, 0) is 14.3 Å². The highest BCUT2D eigenvalue weighted by molar-refractivity contribution is 5.84. The average molecular weight is 279 g/mol. The molecule has 0 heterocycles. The number of benzene rings is 1. The van der Waals surface area contributed by atoms with E-state index in [0.717, 1.165) is 16.9 Å². The summed E-state index contributed by atoms with van der Waals surface area (Å²) in [4.78, 5) is 22.7. The maximum atomic E-state index is 11.6. The molecule has 0 radical (unpaired) electrons. The van der Waals surface area contributed by atoms with Crippen molar-refractivity contribution in [1.29, 1.82) is 0 Å². The molecule has 1 amide bonds. The Balaban J connectivity index is 2.36. The van der Waals surface area contributed by atoms with Crippen LogP contribution in [0.3, 0.4) is 0 Å². The first-order chi connectivity index (χ1) is 9.42. The molecule has 20 heavy (non-hydrogen) atoms. The number of carbonyl (C=O) groups is 2. The van der Waals surface area contributed by atoms with E-state index in [0.29, 0.717) is 0 Å². The Morgan fingerprint density at radius 3 is 2.35 bits per heavy atom. The normalized spacial score (nSPS) is 11.6. The predicted octanol–water partition coefficient (Wildman–Crippen LogP) is 1.75. The number of aryl methyl sites for hydroxylation is 2. The number of hydrogen-bond donors (Lipinski definition) is 1. The summed E-state index contributed by atoms with van der Waals surface area (Å²) in [5, 5.41) is 2.55. The van der Waals surface area contributed by atoms with E-state index in [1.807, 2.05) is 26.0 Å². The summed E-state index contributed by atoms with van der Waals surface area (Å²) in [6.45, 7) is 5.83. The minimum atomic E-state index is -0.645. The lowest BCUT2D eigenvalue weighted by molar-refractivity contribution is -0.144. The summed E-state index contributed by atoms with van der Waals surface area (Å²) in [6.07, 6.45) is 0.189. The fourth-order valence-electron chi connectivity index (χ4n) is 1.83. The van der Waals surface area contributed by atoms with Gasteiger partial charge in [-0.25, -0.2) is 4.79 Å². The van der Waals surface area contributed by atoms with Gasteiger partial charge in [-0.2, -0.15) is 0 Å². The first-order valence-electron chi connectivity index (χ1n) is 6.50. The highest BCUT2D eigenvalue weighted by Gasteiger charge is 2.15. The first-order valence-corrected chi connectivity index (χ1v) is 6.50. The molecule has 0 aliphatic rings. The summed E-state index contributed by atoms with van der Waals surface area (Å²) >= 11 is 0. The Hall–Kier alpha value is -2.04. The van der Waals surface area contributed by atoms with Crippen molar-refractivity contribution in [3.8, 4) is 5.75 Å². The summed E-state index contributed by atoms with van der Waals surface area (Å²) in [6, 6.07) is 5.25. The molecule has 110 valence electrons. The van der Waals surface area contributed by atoms with Crippen molar-refractivity contribution in [2.24, 2.45) is 0 Å². The predicted molar refractivity (Wildman–Crippen MR) is 75.6 cm³/mol. The van der Waals surface area contributed by atoms with Crippen molar-refractivity contribution in [2.75, 3.05) is 13.7 Å². The van der Waals surface area contributed by atoms with Crippen LogP contribution < -0.4 is 10.1 Å². The number of hydrogen-bond acceptors (Lipinski definition) is 4. The molecule has 0 aliphatic heterocycles. The summed E-state index contributed by atoms with van der Waals surface area (Å²) in [5.41, 5.74) is 2.23. The molecule has 1 unspecified atom stereocenters. The Kier molecular flexibility index (Phi) is 6.03. The number of amides is 1. The third kappa shape index (κ3) is 5.30. The van der Waals surface area contributed by atoms with Crippen LogP contribution in [0.4, 0.5) is 0 Å². The molecule has 0 saturated carbocycles.